The van der Waals surface area contributed by atoms with Crippen LogP contribution in [0.2, 0.25) is 0 Å². The Labute approximate surface area is 203 Å². The Morgan fingerprint density at radius 2 is 1.76 bits per heavy atom. The van der Waals surface area contributed by atoms with Crippen LogP contribution < -0.4 is 9.62 Å². The molecule has 0 aliphatic heterocycles. The van der Waals surface area contributed by atoms with E-state index in [0.717, 1.165) is 17.0 Å². The average Bonchev–Trinajstić information content (AvgIpc) is 2.75. The van der Waals surface area contributed by atoms with Crippen molar-refractivity contribution in [1.82, 2.24) is 10.2 Å². The quantitative estimate of drug-likeness (QED) is 0.497. The molecule has 33 heavy (non-hydrogen) atoms. The molecule has 0 saturated heterocycles. The van der Waals surface area contributed by atoms with Gasteiger partial charge < -0.3 is 10.2 Å². The summed E-state index contributed by atoms with van der Waals surface area (Å²) < 4.78 is 40.0. The Hall–Kier alpha value is -2.46. The molecule has 0 heterocycles. The van der Waals surface area contributed by atoms with Crippen molar-refractivity contribution in [3.63, 3.8) is 0 Å². The van der Waals surface area contributed by atoms with Crippen LogP contribution in [-0.2, 0) is 26.2 Å². The van der Waals surface area contributed by atoms with Gasteiger partial charge in [0.15, 0.2) is 0 Å². The molecule has 0 saturated carbocycles. The zero-order valence-corrected chi connectivity index (χ0v) is 21.5. The first-order valence-corrected chi connectivity index (χ1v) is 13.1. The Bertz CT molecular complexity index is 1080. The van der Waals surface area contributed by atoms with E-state index < -0.39 is 34.3 Å². The lowest BCUT2D eigenvalue weighted by molar-refractivity contribution is -0.139. The summed E-state index contributed by atoms with van der Waals surface area (Å²) in [6.07, 6.45) is 1.74. The number of halogens is 2. The molecule has 2 rings (SSSR count). The predicted molar refractivity (Wildman–Crippen MR) is 131 cm³/mol. The van der Waals surface area contributed by atoms with Gasteiger partial charge >= 0.3 is 0 Å². The van der Waals surface area contributed by atoms with Crippen molar-refractivity contribution in [2.75, 3.05) is 17.1 Å². The Morgan fingerprint density at radius 3 is 2.30 bits per heavy atom. The number of sulfonamides is 1. The number of carbonyl (C=O) groups is 2. The van der Waals surface area contributed by atoms with Gasteiger partial charge in [0, 0.05) is 17.1 Å². The summed E-state index contributed by atoms with van der Waals surface area (Å²) in [5.41, 5.74) is 0.931. The molecule has 180 valence electrons. The van der Waals surface area contributed by atoms with Crippen molar-refractivity contribution in [2.24, 2.45) is 0 Å². The number of nitrogens with zero attached hydrogens (tertiary/aromatic N) is 2. The molecule has 7 nitrogen and oxygen atoms in total. The minimum Gasteiger partial charge on any atom is -0.352 e. The lowest BCUT2D eigenvalue weighted by atomic mass is 10.1. The number of carbonyl (C=O) groups excluding carboxylic acids is 2. The third-order valence-electron chi connectivity index (χ3n) is 5.21. The fraction of sp³-hybridized carbons (Fsp3) is 0.391. The molecule has 2 atom stereocenters. The van der Waals surface area contributed by atoms with Gasteiger partial charge in [0.05, 0.1) is 11.9 Å². The Balaban J connectivity index is 2.37. The maximum Gasteiger partial charge on any atom is 0.244 e. The molecule has 0 bridgehead atoms. The zero-order chi connectivity index (χ0) is 24.8. The summed E-state index contributed by atoms with van der Waals surface area (Å²) in [5, 5.41) is 2.85. The van der Waals surface area contributed by atoms with E-state index in [1.165, 1.54) is 29.2 Å². The third kappa shape index (κ3) is 7.82. The smallest absolute Gasteiger partial charge is 0.244 e. The molecular weight excluding hydrogens is 513 g/mol. The molecule has 0 radical (unpaired) electrons. The number of benzene rings is 2. The largest absolute Gasteiger partial charge is 0.352 e. The topological polar surface area (TPSA) is 86.8 Å². The van der Waals surface area contributed by atoms with Crippen LogP contribution in [0.3, 0.4) is 0 Å². The number of nitrogens with one attached hydrogen (secondary N) is 1. The third-order valence-corrected chi connectivity index (χ3v) is 6.84. The van der Waals surface area contributed by atoms with Crippen molar-refractivity contribution >= 4 is 43.5 Å². The molecule has 2 aromatic rings. The minimum absolute atomic E-state index is 0.0181. The highest BCUT2D eigenvalue weighted by atomic mass is 79.9. The summed E-state index contributed by atoms with van der Waals surface area (Å²) in [4.78, 5) is 27.5. The molecule has 10 heteroatoms. The van der Waals surface area contributed by atoms with Crippen LogP contribution in [0.25, 0.3) is 0 Å². The van der Waals surface area contributed by atoms with E-state index in [1.807, 2.05) is 13.8 Å². The molecule has 0 aliphatic rings. The minimum atomic E-state index is -3.80. The highest BCUT2D eigenvalue weighted by Crippen LogP contribution is 2.23. The first-order valence-electron chi connectivity index (χ1n) is 10.5. The van der Waals surface area contributed by atoms with Gasteiger partial charge in [-0.05, 0) is 56.2 Å². The summed E-state index contributed by atoms with van der Waals surface area (Å²) >= 11 is 3.31. The molecule has 0 fully saturated rings. The standard InChI is InChI=1S/C23H29BrFN3O4S/c1-5-16(2)26-23(30)17(3)27(14-18-9-11-20(25)12-10-18)22(29)15-28(33(4,31)32)21-8-6-7-19(24)13-21/h6-13,16-17H,5,14-15H2,1-4H3,(H,26,30)/t16-,17+/m1/s1. The second-order valence-corrected chi connectivity index (χ2v) is 10.7. The van der Waals surface area contributed by atoms with Gasteiger partial charge in [0.25, 0.3) is 0 Å². The first kappa shape index (κ1) is 26.8. The normalized spacial score (nSPS) is 13.2. The Kier molecular flexibility index (Phi) is 9.42. The fourth-order valence-electron chi connectivity index (χ4n) is 3.08. The zero-order valence-electron chi connectivity index (χ0n) is 19.1. The SMILES string of the molecule is CC[C@@H](C)NC(=O)[C@H](C)N(Cc1ccc(F)cc1)C(=O)CN(c1cccc(Br)c1)S(C)(=O)=O. The molecule has 1 N–H and O–H groups in total. The van der Waals surface area contributed by atoms with Gasteiger partial charge in [-0.2, -0.15) is 0 Å². The van der Waals surface area contributed by atoms with Crippen LogP contribution in [0, 0.1) is 5.82 Å². The van der Waals surface area contributed by atoms with Crippen LogP contribution in [0.15, 0.2) is 53.0 Å². The summed E-state index contributed by atoms with van der Waals surface area (Å²) in [5.74, 6) is -1.33. The maximum absolute atomic E-state index is 13.4. The Morgan fingerprint density at radius 1 is 1.12 bits per heavy atom. The van der Waals surface area contributed by atoms with Gasteiger partial charge in [0.2, 0.25) is 21.8 Å². The number of rotatable bonds is 10. The lowest BCUT2D eigenvalue weighted by Gasteiger charge is -2.32. The van der Waals surface area contributed by atoms with Gasteiger partial charge in [-0.1, -0.05) is 41.1 Å². The number of hydrogen-bond donors (Lipinski definition) is 1. The van der Waals surface area contributed by atoms with Crippen molar-refractivity contribution in [2.45, 2.75) is 45.8 Å². The van der Waals surface area contributed by atoms with Gasteiger partial charge in [0.1, 0.15) is 18.4 Å². The summed E-state index contributed by atoms with van der Waals surface area (Å²) in [6, 6.07) is 11.2. The monoisotopic (exact) mass is 541 g/mol. The van der Waals surface area contributed by atoms with Crippen molar-refractivity contribution in [3.05, 3.63) is 64.4 Å². The number of anilines is 1. The van der Waals surface area contributed by atoms with Crippen molar-refractivity contribution < 1.29 is 22.4 Å². The van der Waals surface area contributed by atoms with Crippen molar-refractivity contribution in [3.8, 4) is 0 Å². The molecule has 2 amide bonds. The number of hydrogen-bond acceptors (Lipinski definition) is 4. The van der Waals surface area contributed by atoms with Crippen LogP contribution >= 0.6 is 15.9 Å². The van der Waals surface area contributed by atoms with E-state index in [4.69, 9.17) is 0 Å². The average molecular weight is 542 g/mol. The van der Waals surface area contributed by atoms with Gasteiger partial charge in [-0.15, -0.1) is 0 Å². The van der Waals surface area contributed by atoms with E-state index in [1.54, 1.807) is 31.2 Å². The van der Waals surface area contributed by atoms with E-state index in [2.05, 4.69) is 21.2 Å². The van der Waals surface area contributed by atoms with Crippen LogP contribution in [-0.4, -0.2) is 50.0 Å². The second-order valence-electron chi connectivity index (χ2n) is 7.89. The van der Waals surface area contributed by atoms with E-state index in [9.17, 15) is 22.4 Å². The molecule has 0 aliphatic carbocycles. The van der Waals surface area contributed by atoms with Crippen LogP contribution in [0.5, 0.6) is 0 Å². The predicted octanol–water partition coefficient (Wildman–Crippen LogP) is 3.69. The maximum atomic E-state index is 13.4. The number of amides is 2. The second kappa shape index (κ2) is 11.6. The first-order chi connectivity index (χ1) is 15.4. The van der Waals surface area contributed by atoms with Gasteiger partial charge in [-0.3, -0.25) is 13.9 Å². The van der Waals surface area contributed by atoms with E-state index >= 15 is 0 Å². The molecule has 0 unspecified atom stereocenters. The molecule has 0 aromatic heterocycles. The summed E-state index contributed by atoms with van der Waals surface area (Å²) in [6.45, 7) is 4.90. The molecule has 0 spiro atoms. The van der Waals surface area contributed by atoms with Gasteiger partial charge in [-0.25, -0.2) is 12.8 Å². The lowest BCUT2D eigenvalue weighted by Crippen LogP contribution is -2.52. The highest BCUT2D eigenvalue weighted by Gasteiger charge is 2.30. The van der Waals surface area contributed by atoms with Crippen LogP contribution in [0.4, 0.5) is 10.1 Å². The fourth-order valence-corrected chi connectivity index (χ4v) is 4.31. The summed E-state index contributed by atoms with van der Waals surface area (Å²) in [7, 11) is -3.80. The van der Waals surface area contributed by atoms with Crippen LogP contribution in [0.1, 0.15) is 32.8 Å². The van der Waals surface area contributed by atoms with E-state index in [0.29, 0.717) is 15.7 Å². The molecular formula is C23H29BrFN3O4S. The molecule has 2 aromatic carbocycles. The highest BCUT2D eigenvalue weighted by molar-refractivity contribution is 9.10. The van der Waals surface area contributed by atoms with E-state index in [-0.39, 0.29) is 18.5 Å². The van der Waals surface area contributed by atoms with Crippen molar-refractivity contribution in [1.29, 1.82) is 0 Å².